The van der Waals surface area contributed by atoms with Crippen molar-refractivity contribution in [1.29, 1.82) is 0 Å². The number of nitrogens with zero attached hydrogens (tertiary/aromatic N) is 2. The summed E-state index contributed by atoms with van der Waals surface area (Å²) in [6, 6.07) is 8.67. The molecule has 0 saturated heterocycles. The van der Waals surface area contributed by atoms with Crippen LogP contribution in [0.3, 0.4) is 0 Å². The molecule has 2 rings (SSSR count). The van der Waals surface area contributed by atoms with E-state index in [1.165, 1.54) is 0 Å². The van der Waals surface area contributed by atoms with Gasteiger partial charge in [0.1, 0.15) is 0 Å². The number of rotatable bonds is 4. The van der Waals surface area contributed by atoms with Crippen LogP contribution in [0.2, 0.25) is 0 Å². The van der Waals surface area contributed by atoms with Crippen LogP contribution in [0.25, 0.3) is 10.9 Å². The predicted octanol–water partition coefficient (Wildman–Crippen LogP) is 1.80. The molecule has 1 unspecified atom stereocenters. The second-order valence-corrected chi connectivity index (χ2v) is 4.79. The highest BCUT2D eigenvalue weighted by atomic mass is 16.4. The number of hydrogen-bond donors (Lipinski definition) is 3. The Labute approximate surface area is 122 Å². The SMILES string of the molecule is CCC(NC(=O)c1cc(C)nc2ccccc12)/C(N)=N/O. The molecule has 0 spiro atoms. The summed E-state index contributed by atoms with van der Waals surface area (Å²) >= 11 is 0. The smallest absolute Gasteiger partial charge is 0.252 e. The molecule has 0 fully saturated rings. The lowest BCUT2D eigenvalue weighted by atomic mass is 10.1. The number of benzene rings is 1. The van der Waals surface area contributed by atoms with Crippen molar-refractivity contribution >= 4 is 22.6 Å². The number of aromatic nitrogens is 1. The monoisotopic (exact) mass is 286 g/mol. The molecule has 21 heavy (non-hydrogen) atoms. The lowest BCUT2D eigenvalue weighted by Gasteiger charge is -2.16. The molecule has 0 radical (unpaired) electrons. The summed E-state index contributed by atoms with van der Waals surface area (Å²) in [5.74, 6) is -0.281. The van der Waals surface area contributed by atoms with E-state index in [4.69, 9.17) is 10.9 Å². The fourth-order valence-corrected chi connectivity index (χ4v) is 2.19. The average Bonchev–Trinajstić information content (AvgIpc) is 2.50. The second kappa shape index (κ2) is 6.21. The quantitative estimate of drug-likeness (QED) is 0.345. The van der Waals surface area contributed by atoms with E-state index in [0.29, 0.717) is 12.0 Å². The number of nitrogens with one attached hydrogen (secondary N) is 1. The van der Waals surface area contributed by atoms with Crippen molar-refractivity contribution < 1.29 is 10.0 Å². The molecule has 0 saturated carbocycles. The number of fused-ring (bicyclic) bond motifs is 1. The molecule has 6 heteroatoms. The van der Waals surface area contributed by atoms with Crippen molar-refractivity contribution in [3.05, 3.63) is 41.6 Å². The Balaban J connectivity index is 2.39. The predicted molar refractivity (Wildman–Crippen MR) is 81.4 cm³/mol. The van der Waals surface area contributed by atoms with Crippen LogP contribution in [0.15, 0.2) is 35.5 Å². The van der Waals surface area contributed by atoms with E-state index in [1.54, 1.807) is 6.07 Å². The van der Waals surface area contributed by atoms with E-state index >= 15 is 0 Å². The van der Waals surface area contributed by atoms with Crippen LogP contribution in [-0.2, 0) is 0 Å². The number of hydrogen-bond acceptors (Lipinski definition) is 4. The topological polar surface area (TPSA) is 101 Å². The van der Waals surface area contributed by atoms with Crippen molar-refractivity contribution in [3.63, 3.8) is 0 Å². The molecule has 0 aliphatic rings. The normalized spacial score (nSPS) is 13.1. The maximum atomic E-state index is 12.5. The second-order valence-electron chi connectivity index (χ2n) is 4.79. The molecule has 0 aliphatic carbocycles. The van der Waals surface area contributed by atoms with Crippen LogP contribution < -0.4 is 11.1 Å². The molecule has 1 aromatic heterocycles. The van der Waals surface area contributed by atoms with E-state index in [-0.39, 0.29) is 11.7 Å². The van der Waals surface area contributed by atoms with Gasteiger partial charge in [0.05, 0.1) is 17.1 Å². The summed E-state index contributed by atoms with van der Waals surface area (Å²) in [5, 5.41) is 15.2. The van der Waals surface area contributed by atoms with Gasteiger partial charge in [-0.1, -0.05) is 30.3 Å². The molecule has 1 amide bonds. The van der Waals surface area contributed by atoms with Gasteiger partial charge in [-0.3, -0.25) is 9.78 Å². The minimum Gasteiger partial charge on any atom is -0.409 e. The third-order valence-electron chi connectivity index (χ3n) is 3.27. The van der Waals surface area contributed by atoms with Gasteiger partial charge in [-0.05, 0) is 25.5 Å². The first-order valence-corrected chi connectivity index (χ1v) is 6.71. The number of oxime groups is 1. The van der Waals surface area contributed by atoms with Gasteiger partial charge in [-0.25, -0.2) is 0 Å². The molecule has 0 bridgehead atoms. The van der Waals surface area contributed by atoms with Gasteiger partial charge in [0, 0.05) is 11.1 Å². The standard InChI is InChI=1S/C15H18N4O2/c1-3-12(14(16)19-21)18-15(20)11-8-9(2)17-13-7-5-4-6-10(11)13/h4-8,12,21H,3H2,1-2H3,(H2,16,19)(H,18,20). The van der Waals surface area contributed by atoms with E-state index in [9.17, 15) is 4.79 Å². The van der Waals surface area contributed by atoms with Gasteiger partial charge in [0.15, 0.2) is 5.84 Å². The number of amides is 1. The maximum absolute atomic E-state index is 12.5. The van der Waals surface area contributed by atoms with E-state index in [0.717, 1.165) is 16.6 Å². The zero-order valence-electron chi connectivity index (χ0n) is 12.0. The van der Waals surface area contributed by atoms with Crippen LogP contribution in [0, 0.1) is 6.92 Å². The molecular formula is C15H18N4O2. The Hall–Kier alpha value is -2.63. The Bertz CT molecular complexity index is 697. The zero-order valence-corrected chi connectivity index (χ0v) is 12.0. The first kappa shape index (κ1) is 14.8. The number of aryl methyl sites for hydroxylation is 1. The largest absolute Gasteiger partial charge is 0.409 e. The van der Waals surface area contributed by atoms with Crippen molar-refractivity contribution in [3.8, 4) is 0 Å². The summed E-state index contributed by atoms with van der Waals surface area (Å²) < 4.78 is 0. The number of para-hydroxylation sites is 1. The minimum atomic E-state index is -0.505. The molecule has 1 atom stereocenters. The van der Waals surface area contributed by atoms with Gasteiger partial charge < -0.3 is 16.3 Å². The van der Waals surface area contributed by atoms with Crippen LogP contribution in [0.1, 0.15) is 29.4 Å². The molecule has 0 aliphatic heterocycles. The summed E-state index contributed by atoms with van der Waals surface area (Å²) in [5.41, 5.74) is 7.62. The number of pyridine rings is 1. The van der Waals surface area contributed by atoms with E-state index in [1.807, 2.05) is 38.1 Å². The van der Waals surface area contributed by atoms with Gasteiger partial charge in [-0.2, -0.15) is 0 Å². The van der Waals surface area contributed by atoms with Crippen molar-refractivity contribution in [2.45, 2.75) is 26.3 Å². The third kappa shape index (κ3) is 3.10. The lowest BCUT2D eigenvalue weighted by Crippen LogP contribution is -2.44. The first-order chi connectivity index (χ1) is 10.1. The molecule has 110 valence electrons. The van der Waals surface area contributed by atoms with Crippen LogP contribution in [0.5, 0.6) is 0 Å². The van der Waals surface area contributed by atoms with Crippen LogP contribution in [-0.4, -0.2) is 28.0 Å². The Morgan fingerprint density at radius 1 is 1.48 bits per heavy atom. The number of carbonyl (C=O) groups excluding carboxylic acids is 1. The van der Waals surface area contributed by atoms with Crippen molar-refractivity contribution in [2.24, 2.45) is 10.9 Å². The fraction of sp³-hybridized carbons (Fsp3) is 0.267. The summed E-state index contributed by atoms with van der Waals surface area (Å²) in [7, 11) is 0. The highest BCUT2D eigenvalue weighted by Crippen LogP contribution is 2.18. The van der Waals surface area contributed by atoms with Crippen LogP contribution >= 0.6 is 0 Å². The highest BCUT2D eigenvalue weighted by Gasteiger charge is 2.18. The van der Waals surface area contributed by atoms with Gasteiger partial charge in [0.25, 0.3) is 5.91 Å². The fourth-order valence-electron chi connectivity index (χ4n) is 2.19. The van der Waals surface area contributed by atoms with E-state index in [2.05, 4.69) is 15.5 Å². The maximum Gasteiger partial charge on any atom is 0.252 e. The Morgan fingerprint density at radius 3 is 2.86 bits per heavy atom. The highest BCUT2D eigenvalue weighted by molar-refractivity contribution is 6.07. The van der Waals surface area contributed by atoms with E-state index < -0.39 is 6.04 Å². The molecule has 6 nitrogen and oxygen atoms in total. The van der Waals surface area contributed by atoms with Gasteiger partial charge in [0.2, 0.25) is 0 Å². The molecule has 1 heterocycles. The number of nitrogens with two attached hydrogens (primary N) is 1. The van der Waals surface area contributed by atoms with Gasteiger partial charge in [-0.15, -0.1) is 0 Å². The Kier molecular flexibility index (Phi) is 4.37. The van der Waals surface area contributed by atoms with Gasteiger partial charge >= 0.3 is 0 Å². The minimum absolute atomic E-state index is 0.0130. The average molecular weight is 286 g/mol. The first-order valence-electron chi connectivity index (χ1n) is 6.71. The summed E-state index contributed by atoms with van der Waals surface area (Å²) in [4.78, 5) is 16.9. The summed E-state index contributed by atoms with van der Waals surface area (Å²) in [6.45, 7) is 3.68. The van der Waals surface area contributed by atoms with Crippen LogP contribution in [0.4, 0.5) is 0 Å². The van der Waals surface area contributed by atoms with Crippen molar-refractivity contribution in [2.75, 3.05) is 0 Å². The molecule has 2 aromatic rings. The number of amidine groups is 1. The summed E-state index contributed by atoms with van der Waals surface area (Å²) in [6.07, 6.45) is 0.531. The third-order valence-corrected chi connectivity index (χ3v) is 3.27. The van der Waals surface area contributed by atoms with Crippen molar-refractivity contribution in [1.82, 2.24) is 10.3 Å². The molecular weight excluding hydrogens is 268 g/mol. The Morgan fingerprint density at radius 2 is 2.19 bits per heavy atom. The lowest BCUT2D eigenvalue weighted by molar-refractivity contribution is 0.0947. The number of carbonyl (C=O) groups is 1. The zero-order chi connectivity index (χ0) is 15.4. The molecule has 1 aromatic carbocycles. The molecule has 4 N–H and O–H groups in total.